The maximum Gasteiger partial charge on any atom is 0.182 e. The molecule has 0 saturated carbocycles. The second-order valence-corrected chi connectivity index (χ2v) is 5.73. The Morgan fingerprint density at radius 2 is 2.26 bits per heavy atom. The highest BCUT2D eigenvalue weighted by Gasteiger charge is 2.30. The number of hydrogen-bond donors (Lipinski definition) is 0. The molecule has 2 rings (SSSR count). The molecule has 0 bridgehead atoms. The number of Topliss-reactive ketones (excluding diaryl/α,β-unsaturated/α-hetero) is 1. The Labute approximate surface area is 118 Å². The number of fused-ring (bicyclic) bond motifs is 1. The van der Waals surface area contributed by atoms with Gasteiger partial charge in [-0.2, -0.15) is 0 Å². The lowest BCUT2D eigenvalue weighted by atomic mass is 10.1. The summed E-state index contributed by atoms with van der Waals surface area (Å²) < 4.78 is 5.44. The standard InChI is InChI=1S/C15H19NO2S/c1-4-10(3)16-9-14-15(17)12-8-11(18-5-2)6-7-13(12)19-14/h6-10,14H,4-5H2,1-3H3/t10-,14?/m0/s1. The molecule has 0 radical (unpaired) electrons. The molecule has 0 spiro atoms. The first-order valence-electron chi connectivity index (χ1n) is 6.66. The van der Waals surface area contributed by atoms with Gasteiger partial charge in [-0.05, 0) is 38.5 Å². The summed E-state index contributed by atoms with van der Waals surface area (Å²) in [6, 6.07) is 5.98. The van der Waals surface area contributed by atoms with Gasteiger partial charge in [0.1, 0.15) is 11.0 Å². The van der Waals surface area contributed by atoms with Crippen molar-refractivity contribution in [3.8, 4) is 5.75 Å². The zero-order valence-electron chi connectivity index (χ0n) is 11.6. The van der Waals surface area contributed by atoms with Crippen molar-refractivity contribution >= 4 is 23.8 Å². The van der Waals surface area contributed by atoms with Gasteiger partial charge in [-0.25, -0.2) is 0 Å². The molecule has 102 valence electrons. The first kappa shape index (κ1) is 14.1. The van der Waals surface area contributed by atoms with Crippen LogP contribution in [0.15, 0.2) is 28.1 Å². The van der Waals surface area contributed by atoms with Crippen molar-refractivity contribution in [1.29, 1.82) is 0 Å². The van der Waals surface area contributed by atoms with Gasteiger partial charge in [0.25, 0.3) is 0 Å². The summed E-state index contributed by atoms with van der Waals surface area (Å²) in [6.07, 6.45) is 2.78. The van der Waals surface area contributed by atoms with Crippen LogP contribution in [0.5, 0.6) is 5.75 Å². The maximum absolute atomic E-state index is 12.3. The zero-order chi connectivity index (χ0) is 13.8. The third-order valence-electron chi connectivity index (χ3n) is 3.11. The maximum atomic E-state index is 12.3. The normalized spacial score (nSPS) is 19.7. The Hall–Kier alpha value is -1.29. The third kappa shape index (κ3) is 3.18. The summed E-state index contributed by atoms with van der Waals surface area (Å²) in [7, 11) is 0. The van der Waals surface area contributed by atoms with Crippen LogP contribution >= 0.6 is 11.8 Å². The van der Waals surface area contributed by atoms with Gasteiger partial charge in [-0.1, -0.05) is 6.92 Å². The molecule has 0 saturated heterocycles. The summed E-state index contributed by atoms with van der Waals surface area (Å²) in [5.74, 6) is 0.892. The Bertz CT molecular complexity index is 499. The van der Waals surface area contributed by atoms with Crippen LogP contribution in [0.2, 0.25) is 0 Å². The van der Waals surface area contributed by atoms with Crippen LogP contribution in [0.25, 0.3) is 0 Å². The molecule has 1 heterocycles. The van der Waals surface area contributed by atoms with Crippen molar-refractivity contribution in [2.24, 2.45) is 4.99 Å². The van der Waals surface area contributed by atoms with E-state index in [0.29, 0.717) is 6.61 Å². The number of ether oxygens (including phenoxy) is 1. The van der Waals surface area contributed by atoms with Gasteiger partial charge in [-0.15, -0.1) is 11.8 Å². The van der Waals surface area contributed by atoms with E-state index >= 15 is 0 Å². The van der Waals surface area contributed by atoms with Crippen molar-refractivity contribution < 1.29 is 9.53 Å². The molecule has 0 aliphatic carbocycles. The van der Waals surface area contributed by atoms with Crippen LogP contribution in [0.1, 0.15) is 37.6 Å². The summed E-state index contributed by atoms with van der Waals surface area (Å²) in [4.78, 5) is 17.7. The summed E-state index contributed by atoms with van der Waals surface area (Å²) in [5, 5.41) is -0.180. The molecule has 19 heavy (non-hydrogen) atoms. The summed E-state index contributed by atoms with van der Waals surface area (Å²) in [6.45, 7) is 6.69. The number of carbonyl (C=O) groups excluding carboxylic acids is 1. The molecule has 1 aromatic rings. The number of benzene rings is 1. The fourth-order valence-electron chi connectivity index (χ4n) is 1.83. The van der Waals surface area contributed by atoms with Crippen molar-refractivity contribution in [2.45, 2.75) is 43.4 Å². The monoisotopic (exact) mass is 277 g/mol. The molecule has 0 fully saturated rings. The lowest BCUT2D eigenvalue weighted by molar-refractivity contribution is 0.101. The minimum absolute atomic E-state index is 0.133. The zero-order valence-corrected chi connectivity index (χ0v) is 12.4. The van der Waals surface area contributed by atoms with Crippen LogP contribution < -0.4 is 4.74 Å². The molecule has 1 aromatic carbocycles. The van der Waals surface area contributed by atoms with Gasteiger partial charge >= 0.3 is 0 Å². The molecule has 0 amide bonds. The average molecular weight is 277 g/mol. The van der Waals surface area contributed by atoms with Crippen LogP contribution in [-0.4, -0.2) is 29.9 Å². The quantitative estimate of drug-likeness (QED) is 0.772. The number of carbonyl (C=O) groups is 1. The summed E-state index contributed by atoms with van der Waals surface area (Å²) in [5.41, 5.74) is 0.761. The predicted octanol–water partition coefficient (Wildman–Crippen LogP) is 3.61. The van der Waals surface area contributed by atoms with Gasteiger partial charge in [0.2, 0.25) is 0 Å². The molecular formula is C15H19NO2S. The molecule has 3 nitrogen and oxygen atoms in total. The van der Waals surface area contributed by atoms with E-state index in [1.807, 2.05) is 25.1 Å². The van der Waals surface area contributed by atoms with E-state index in [4.69, 9.17) is 4.74 Å². The van der Waals surface area contributed by atoms with Gasteiger partial charge in [0.15, 0.2) is 5.78 Å². The Kier molecular flexibility index (Phi) is 4.64. The molecule has 1 aliphatic rings. The number of rotatable bonds is 5. The number of thioether (sulfide) groups is 1. The minimum Gasteiger partial charge on any atom is -0.494 e. The molecule has 4 heteroatoms. The first-order chi connectivity index (χ1) is 9.15. The highest BCUT2D eigenvalue weighted by atomic mass is 32.2. The smallest absolute Gasteiger partial charge is 0.182 e. The molecular weight excluding hydrogens is 258 g/mol. The minimum atomic E-state index is -0.180. The first-order valence-corrected chi connectivity index (χ1v) is 7.54. The fourth-order valence-corrected chi connectivity index (χ4v) is 2.90. The van der Waals surface area contributed by atoms with Gasteiger partial charge in [0, 0.05) is 22.7 Å². The largest absolute Gasteiger partial charge is 0.494 e. The SMILES string of the molecule is CCOc1ccc2c(c1)C(=O)C(C=N[C@@H](C)CC)S2. The van der Waals surface area contributed by atoms with Crippen LogP contribution in [0.4, 0.5) is 0 Å². The third-order valence-corrected chi connectivity index (χ3v) is 4.31. The fraction of sp³-hybridized carbons (Fsp3) is 0.467. The van der Waals surface area contributed by atoms with Crippen molar-refractivity contribution in [3.63, 3.8) is 0 Å². The number of hydrogen-bond acceptors (Lipinski definition) is 4. The van der Waals surface area contributed by atoms with Crippen LogP contribution in [0, 0.1) is 0 Å². The molecule has 1 aliphatic heterocycles. The van der Waals surface area contributed by atoms with Crippen molar-refractivity contribution in [1.82, 2.24) is 0 Å². The number of ketones is 1. The summed E-state index contributed by atoms with van der Waals surface area (Å²) >= 11 is 1.57. The van der Waals surface area contributed by atoms with E-state index in [1.54, 1.807) is 18.0 Å². The average Bonchev–Trinajstić information content (AvgIpc) is 2.73. The van der Waals surface area contributed by atoms with Crippen LogP contribution in [-0.2, 0) is 0 Å². The van der Waals surface area contributed by atoms with E-state index in [9.17, 15) is 4.79 Å². The highest BCUT2D eigenvalue weighted by Crippen LogP contribution is 2.38. The van der Waals surface area contributed by atoms with E-state index in [1.165, 1.54) is 0 Å². The second-order valence-electron chi connectivity index (χ2n) is 4.55. The van der Waals surface area contributed by atoms with E-state index < -0.39 is 0 Å². The Morgan fingerprint density at radius 3 is 2.95 bits per heavy atom. The van der Waals surface area contributed by atoms with Gasteiger partial charge < -0.3 is 4.74 Å². The molecule has 1 unspecified atom stereocenters. The lowest BCUT2D eigenvalue weighted by Crippen LogP contribution is -2.14. The highest BCUT2D eigenvalue weighted by molar-refractivity contribution is 8.02. The Balaban J connectivity index is 2.15. The number of aliphatic imine (C=N–C) groups is 1. The van der Waals surface area contributed by atoms with E-state index in [0.717, 1.165) is 22.6 Å². The topological polar surface area (TPSA) is 38.7 Å². The van der Waals surface area contributed by atoms with Crippen molar-refractivity contribution in [3.05, 3.63) is 23.8 Å². The van der Waals surface area contributed by atoms with Crippen LogP contribution in [0.3, 0.4) is 0 Å². The van der Waals surface area contributed by atoms with Gasteiger partial charge in [-0.3, -0.25) is 9.79 Å². The molecule has 0 N–H and O–H groups in total. The number of nitrogens with zero attached hydrogens (tertiary/aromatic N) is 1. The predicted molar refractivity (Wildman–Crippen MR) is 79.8 cm³/mol. The van der Waals surface area contributed by atoms with E-state index in [2.05, 4.69) is 18.8 Å². The lowest BCUT2D eigenvalue weighted by Gasteiger charge is -2.03. The molecule has 0 aromatic heterocycles. The van der Waals surface area contributed by atoms with E-state index in [-0.39, 0.29) is 17.1 Å². The second kappa shape index (κ2) is 6.24. The Morgan fingerprint density at radius 1 is 1.47 bits per heavy atom. The van der Waals surface area contributed by atoms with Crippen molar-refractivity contribution in [2.75, 3.05) is 6.61 Å². The van der Waals surface area contributed by atoms with Gasteiger partial charge in [0.05, 0.1) is 6.61 Å². The molecule has 2 atom stereocenters.